The second kappa shape index (κ2) is 5.17. The van der Waals surface area contributed by atoms with Crippen LogP contribution in [0.3, 0.4) is 0 Å². The summed E-state index contributed by atoms with van der Waals surface area (Å²) in [5, 5.41) is 3.44. The molecule has 2 rings (SSSR count). The fourth-order valence-electron chi connectivity index (χ4n) is 1.64. The summed E-state index contributed by atoms with van der Waals surface area (Å²) in [7, 11) is 0. The minimum atomic E-state index is 0.162. The molecule has 0 aliphatic rings. The van der Waals surface area contributed by atoms with E-state index in [0.717, 1.165) is 21.9 Å². The molecule has 2 aromatic heterocycles. The van der Waals surface area contributed by atoms with Gasteiger partial charge in [0.2, 0.25) is 0 Å². The number of hydrogen-bond donors (Lipinski definition) is 1. The molecule has 2 nitrogen and oxygen atoms in total. The highest BCUT2D eigenvalue weighted by molar-refractivity contribution is 9.11. The molecule has 0 spiro atoms. The minimum Gasteiger partial charge on any atom is -0.464 e. The molecule has 16 heavy (non-hydrogen) atoms. The molecular formula is C12H14BrNOS. The van der Waals surface area contributed by atoms with Crippen LogP contribution in [0.15, 0.2) is 32.5 Å². The largest absolute Gasteiger partial charge is 0.464 e. The van der Waals surface area contributed by atoms with Crippen molar-refractivity contribution in [1.82, 2.24) is 5.32 Å². The average Bonchev–Trinajstić information content (AvgIpc) is 2.84. The Bertz CT molecular complexity index is 423. The van der Waals surface area contributed by atoms with Crippen molar-refractivity contribution in [1.29, 1.82) is 0 Å². The summed E-state index contributed by atoms with van der Waals surface area (Å²) in [6.45, 7) is 4.99. The van der Waals surface area contributed by atoms with Gasteiger partial charge >= 0.3 is 0 Å². The maximum Gasteiger partial charge on any atom is 0.126 e. The molecule has 1 N–H and O–H groups in total. The molecule has 0 fully saturated rings. The molecular weight excluding hydrogens is 286 g/mol. The van der Waals surface area contributed by atoms with E-state index in [9.17, 15) is 0 Å². The Morgan fingerprint density at radius 2 is 2.19 bits per heavy atom. The van der Waals surface area contributed by atoms with Crippen molar-refractivity contribution in [2.24, 2.45) is 0 Å². The van der Waals surface area contributed by atoms with Crippen LogP contribution in [-0.4, -0.2) is 6.54 Å². The van der Waals surface area contributed by atoms with Gasteiger partial charge in [-0.3, -0.25) is 0 Å². The van der Waals surface area contributed by atoms with E-state index in [0.29, 0.717) is 0 Å². The molecule has 4 heteroatoms. The molecule has 0 aliphatic heterocycles. The Hall–Kier alpha value is -0.580. The monoisotopic (exact) mass is 299 g/mol. The normalized spacial score (nSPS) is 12.9. The van der Waals surface area contributed by atoms with Gasteiger partial charge in [-0.25, -0.2) is 0 Å². The summed E-state index contributed by atoms with van der Waals surface area (Å²) in [4.78, 5) is 1.27. The Labute approximate surface area is 108 Å². The molecule has 0 bridgehead atoms. The number of furan rings is 1. The van der Waals surface area contributed by atoms with E-state index in [1.807, 2.05) is 19.1 Å². The summed E-state index contributed by atoms with van der Waals surface area (Å²) in [5.41, 5.74) is 0. The zero-order valence-corrected chi connectivity index (χ0v) is 11.7. The predicted octanol–water partition coefficient (Wildman–Crippen LogP) is 4.11. The van der Waals surface area contributed by atoms with Gasteiger partial charge < -0.3 is 9.73 Å². The van der Waals surface area contributed by atoms with Crippen LogP contribution in [0.4, 0.5) is 0 Å². The van der Waals surface area contributed by atoms with Crippen LogP contribution in [0.5, 0.6) is 0 Å². The summed E-state index contributed by atoms with van der Waals surface area (Å²) < 4.78 is 6.84. The first kappa shape index (κ1) is 11.9. The first-order valence-corrected chi connectivity index (χ1v) is 6.86. The van der Waals surface area contributed by atoms with Crippen LogP contribution in [0.25, 0.3) is 0 Å². The molecule has 1 unspecified atom stereocenters. The van der Waals surface area contributed by atoms with Crippen molar-refractivity contribution >= 4 is 27.3 Å². The lowest BCUT2D eigenvalue weighted by atomic mass is 10.2. The van der Waals surface area contributed by atoms with Gasteiger partial charge in [-0.15, -0.1) is 11.3 Å². The lowest BCUT2D eigenvalue weighted by molar-refractivity contribution is 0.437. The zero-order valence-electron chi connectivity index (χ0n) is 9.29. The van der Waals surface area contributed by atoms with E-state index in [-0.39, 0.29) is 6.04 Å². The highest BCUT2D eigenvalue weighted by Gasteiger charge is 2.17. The van der Waals surface area contributed by atoms with Crippen molar-refractivity contribution in [3.63, 3.8) is 0 Å². The standard InChI is InChI=1S/C12H14BrNOS/c1-3-14-12(9-5-4-8(2)15-9)10-6-7-11(13)16-10/h4-7,12,14H,3H2,1-2H3. The Morgan fingerprint density at radius 1 is 1.38 bits per heavy atom. The molecule has 0 aromatic carbocycles. The third kappa shape index (κ3) is 2.56. The van der Waals surface area contributed by atoms with Gasteiger partial charge in [-0.05, 0) is 53.7 Å². The number of halogens is 1. The quantitative estimate of drug-likeness (QED) is 0.919. The van der Waals surface area contributed by atoms with E-state index >= 15 is 0 Å². The summed E-state index contributed by atoms with van der Waals surface area (Å²) in [6, 6.07) is 8.40. The van der Waals surface area contributed by atoms with E-state index in [2.05, 4.69) is 40.3 Å². The van der Waals surface area contributed by atoms with Gasteiger partial charge in [-0.1, -0.05) is 6.92 Å². The predicted molar refractivity (Wildman–Crippen MR) is 71.0 cm³/mol. The topological polar surface area (TPSA) is 25.2 Å². The van der Waals surface area contributed by atoms with E-state index in [4.69, 9.17) is 4.42 Å². The van der Waals surface area contributed by atoms with Gasteiger partial charge in [0, 0.05) is 4.88 Å². The van der Waals surface area contributed by atoms with Gasteiger partial charge in [0.05, 0.1) is 3.79 Å². The Morgan fingerprint density at radius 3 is 2.69 bits per heavy atom. The van der Waals surface area contributed by atoms with Crippen molar-refractivity contribution in [2.75, 3.05) is 6.54 Å². The van der Waals surface area contributed by atoms with E-state index < -0.39 is 0 Å². The van der Waals surface area contributed by atoms with Crippen molar-refractivity contribution in [3.05, 3.63) is 44.4 Å². The van der Waals surface area contributed by atoms with E-state index in [1.54, 1.807) is 11.3 Å². The summed E-state index contributed by atoms with van der Waals surface area (Å²) >= 11 is 5.22. The average molecular weight is 300 g/mol. The molecule has 2 aromatic rings. The molecule has 0 radical (unpaired) electrons. The number of thiophene rings is 1. The number of nitrogens with one attached hydrogen (secondary N) is 1. The second-order valence-corrected chi connectivity index (χ2v) is 6.08. The smallest absolute Gasteiger partial charge is 0.126 e. The lowest BCUT2D eigenvalue weighted by Crippen LogP contribution is -2.20. The molecule has 1 atom stereocenters. The number of rotatable bonds is 4. The zero-order chi connectivity index (χ0) is 11.5. The fraction of sp³-hybridized carbons (Fsp3) is 0.333. The van der Waals surface area contributed by atoms with Crippen LogP contribution >= 0.6 is 27.3 Å². The molecule has 0 amide bonds. The van der Waals surface area contributed by atoms with Gasteiger partial charge in [0.25, 0.3) is 0 Å². The number of aryl methyl sites for hydroxylation is 1. The van der Waals surface area contributed by atoms with Gasteiger partial charge in [0.1, 0.15) is 17.6 Å². The van der Waals surface area contributed by atoms with E-state index in [1.165, 1.54) is 4.88 Å². The Balaban J connectivity index is 2.30. The SMILES string of the molecule is CCNC(c1ccc(C)o1)c1ccc(Br)s1. The molecule has 0 aliphatic carbocycles. The highest BCUT2D eigenvalue weighted by Crippen LogP contribution is 2.31. The first-order valence-electron chi connectivity index (χ1n) is 5.25. The first-order chi connectivity index (χ1) is 7.70. The summed E-state index contributed by atoms with van der Waals surface area (Å²) in [5.74, 6) is 1.93. The van der Waals surface area contributed by atoms with Gasteiger partial charge in [0.15, 0.2) is 0 Å². The second-order valence-electron chi connectivity index (χ2n) is 3.58. The summed E-state index contributed by atoms with van der Waals surface area (Å²) in [6.07, 6.45) is 0. The maximum atomic E-state index is 5.69. The van der Waals surface area contributed by atoms with Crippen LogP contribution in [0.1, 0.15) is 29.4 Å². The van der Waals surface area contributed by atoms with Crippen molar-refractivity contribution in [2.45, 2.75) is 19.9 Å². The fourth-order valence-corrected chi connectivity index (χ4v) is 3.15. The molecule has 86 valence electrons. The van der Waals surface area contributed by atoms with Crippen LogP contribution in [-0.2, 0) is 0 Å². The maximum absolute atomic E-state index is 5.69. The minimum absolute atomic E-state index is 0.162. The molecule has 0 saturated heterocycles. The lowest BCUT2D eigenvalue weighted by Gasteiger charge is -2.13. The van der Waals surface area contributed by atoms with Crippen LogP contribution in [0.2, 0.25) is 0 Å². The van der Waals surface area contributed by atoms with Gasteiger partial charge in [-0.2, -0.15) is 0 Å². The van der Waals surface area contributed by atoms with Crippen molar-refractivity contribution < 1.29 is 4.42 Å². The highest BCUT2D eigenvalue weighted by atomic mass is 79.9. The van der Waals surface area contributed by atoms with Crippen LogP contribution in [0, 0.1) is 6.92 Å². The third-order valence-corrected chi connectivity index (χ3v) is 4.02. The number of hydrogen-bond acceptors (Lipinski definition) is 3. The Kier molecular flexibility index (Phi) is 3.84. The molecule has 2 heterocycles. The van der Waals surface area contributed by atoms with Crippen LogP contribution < -0.4 is 5.32 Å². The third-order valence-electron chi connectivity index (χ3n) is 2.33. The molecule has 0 saturated carbocycles. The van der Waals surface area contributed by atoms with Crippen molar-refractivity contribution in [3.8, 4) is 0 Å².